The van der Waals surface area contributed by atoms with Crippen LogP contribution in [0.15, 0.2) is 34.7 Å². The normalized spacial score (nSPS) is 11.9. The first-order valence-electron chi connectivity index (χ1n) is 7.00. The third-order valence-corrected chi connectivity index (χ3v) is 3.17. The third-order valence-electron chi connectivity index (χ3n) is 3.17. The molecule has 1 unspecified atom stereocenters. The van der Waals surface area contributed by atoms with Gasteiger partial charge >= 0.3 is 5.97 Å². The van der Waals surface area contributed by atoms with Gasteiger partial charge in [0.15, 0.2) is 5.69 Å². The fourth-order valence-corrected chi connectivity index (χ4v) is 2.03. The van der Waals surface area contributed by atoms with Crippen LogP contribution in [-0.2, 0) is 4.79 Å². The lowest BCUT2D eigenvalue weighted by molar-refractivity contribution is -0.137. The van der Waals surface area contributed by atoms with E-state index in [0.29, 0.717) is 11.7 Å². The van der Waals surface area contributed by atoms with E-state index in [1.54, 1.807) is 13.8 Å². The largest absolute Gasteiger partial charge is 0.481 e. The minimum absolute atomic E-state index is 0.00728. The van der Waals surface area contributed by atoms with Gasteiger partial charge in [-0.05, 0) is 25.0 Å². The van der Waals surface area contributed by atoms with E-state index in [9.17, 15) is 9.59 Å². The van der Waals surface area contributed by atoms with Crippen LogP contribution in [0.5, 0.6) is 0 Å². The Balaban J connectivity index is 2.05. The maximum atomic E-state index is 12.1. The molecule has 1 aromatic carbocycles. The number of carboxylic acid groups (broad SMARTS) is 1. The molecule has 0 saturated carbocycles. The van der Waals surface area contributed by atoms with Gasteiger partial charge < -0.3 is 14.8 Å². The number of amides is 1. The van der Waals surface area contributed by atoms with Gasteiger partial charge in [-0.3, -0.25) is 9.59 Å². The van der Waals surface area contributed by atoms with Crippen LogP contribution in [-0.4, -0.2) is 28.5 Å². The molecule has 2 rings (SSSR count). The quantitative estimate of drug-likeness (QED) is 0.855. The number of nitrogens with zero attached hydrogens (tertiary/aromatic N) is 1. The first kappa shape index (κ1) is 15.8. The SMILES string of the molecule is Cc1oc(-c2ccccc2)nc1C(=O)NCC(C)CC(=O)O. The van der Waals surface area contributed by atoms with Gasteiger partial charge in [-0.1, -0.05) is 25.1 Å². The van der Waals surface area contributed by atoms with Gasteiger partial charge in [0, 0.05) is 18.5 Å². The van der Waals surface area contributed by atoms with E-state index in [-0.39, 0.29) is 30.5 Å². The molecule has 1 heterocycles. The zero-order chi connectivity index (χ0) is 16.1. The number of carbonyl (C=O) groups excluding carboxylic acids is 1. The zero-order valence-electron chi connectivity index (χ0n) is 12.5. The summed E-state index contributed by atoms with van der Waals surface area (Å²) < 4.78 is 5.53. The lowest BCUT2D eigenvalue weighted by Gasteiger charge is -2.09. The molecule has 0 spiro atoms. The fraction of sp³-hybridized carbons (Fsp3) is 0.312. The van der Waals surface area contributed by atoms with Crippen LogP contribution in [0.1, 0.15) is 29.6 Å². The number of aryl methyl sites for hydroxylation is 1. The van der Waals surface area contributed by atoms with Gasteiger partial charge in [-0.25, -0.2) is 4.98 Å². The first-order valence-corrected chi connectivity index (χ1v) is 7.00. The number of carbonyl (C=O) groups is 2. The second kappa shape index (κ2) is 6.89. The molecule has 0 saturated heterocycles. The average molecular weight is 302 g/mol. The smallest absolute Gasteiger partial charge is 0.303 e. The highest BCUT2D eigenvalue weighted by atomic mass is 16.4. The average Bonchev–Trinajstić information content (AvgIpc) is 2.87. The predicted molar refractivity (Wildman–Crippen MR) is 80.4 cm³/mol. The molecule has 2 N–H and O–H groups in total. The molecule has 0 aliphatic heterocycles. The summed E-state index contributed by atoms with van der Waals surface area (Å²) >= 11 is 0. The molecule has 1 aromatic heterocycles. The minimum Gasteiger partial charge on any atom is -0.481 e. The van der Waals surface area contributed by atoms with Crippen LogP contribution in [0.4, 0.5) is 0 Å². The zero-order valence-corrected chi connectivity index (χ0v) is 12.5. The molecule has 1 amide bonds. The fourth-order valence-electron chi connectivity index (χ4n) is 2.03. The molecular formula is C16H18N2O4. The monoisotopic (exact) mass is 302 g/mol. The standard InChI is InChI=1S/C16H18N2O4/c1-10(8-13(19)20)9-17-15(21)14-11(2)22-16(18-14)12-6-4-3-5-7-12/h3-7,10H,8-9H2,1-2H3,(H,17,21)(H,19,20). The number of aromatic nitrogens is 1. The summed E-state index contributed by atoms with van der Waals surface area (Å²) in [4.78, 5) is 26.9. The van der Waals surface area contributed by atoms with Gasteiger partial charge in [0.05, 0.1) is 0 Å². The van der Waals surface area contributed by atoms with Crippen molar-refractivity contribution in [3.8, 4) is 11.5 Å². The van der Waals surface area contributed by atoms with Crippen molar-refractivity contribution in [2.45, 2.75) is 20.3 Å². The highest BCUT2D eigenvalue weighted by Crippen LogP contribution is 2.21. The topological polar surface area (TPSA) is 92.4 Å². The van der Waals surface area contributed by atoms with Crippen LogP contribution < -0.4 is 5.32 Å². The number of oxazole rings is 1. The van der Waals surface area contributed by atoms with Crippen molar-refractivity contribution in [1.29, 1.82) is 0 Å². The Bertz CT molecular complexity index is 664. The molecule has 22 heavy (non-hydrogen) atoms. The summed E-state index contributed by atoms with van der Waals surface area (Å²) in [6.45, 7) is 3.71. The summed E-state index contributed by atoms with van der Waals surface area (Å²) in [5.74, 6) is -0.572. The van der Waals surface area contributed by atoms with Crippen LogP contribution in [0, 0.1) is 12.8 Å². The molecule has 0 aliphatic rings. The van der Waals surface area contributed by atoms with E-state index in [0.717, 1.165) is 5.56 Å². The molecule has 0 radical (unpaired) electrons. The number of aliphatic carboxylic acids is 1. The van der Waals surface area contributed by atoms with E-state index in [4.69, 9.17) is 9.52 Å². The van der Waals surface area contributed by atoms with Gasteiger partial charge in [0.1, 0.15) is 5.76 Å². The lowest BCUT2D eigenvalue weighted by Crippen LogP contribution is -2.29. The molecular weight excluding hydrogens is 284 g/mol. The molecule has 2 aromatic rings. The summed E-state index contributed by atoms with van der Waals surface area (Å²) in [6, 6.07) is 9.31. The molecule has 0 bridgehead atoms. The van der Waals surface area contributed by atoms with Crippen LogP contribution in [0.25, 0.3) is 11.5 Å². The number of benzene rings is 1. The second-order valence-electron chi connectivity index (χ2n) is 5.20. The van der Waals surface area contributed by atoms with Gasteiger partial charge in [-0.15, -0.1) is 0 Å². The highest BCUT2D eigenvalue weighted by molar-refractivity contribution is 5.93. The Hall–Kier alpha value is -2.63. The Morgan fingerprint density at radius 1 is 1.32 bits per heavy atom. The lowest BCUT2D eigenvalue weighted by atomic mass is 10.1. The van der Waals surface area contributed by atoms with Crippen LogP contribution in [0.3, 0.4) is 0 Å². The third kappa shape index (κ3) is 3.94. The van der Waals surface area contributed by atoms with Crippen LogP contribution in [0.2, 0.25) is 0 Å². The summed E-state index contributed by atoms with van der Waals surface area (Å²) in [7, 11) is 0. The number of hydrogen-bond donors (Lipinski definition) is 2. The molecule has 6 heteroatoms. The van der Waals surface area contributed by atoms with Crippen molar-refractivity contribution >= 4 is 11.9 Å². The van der Waals surface area contributed by atoms with E-state index < -0.39 is 5.97 Å². The van der Waals surface area contributed by atoms with E-state index in [1.165, 1.54) is 0 Å². The molecule has 0 fully saturated rings. The van der Waals surface area contributed by atoms with Crippen molar-refractivity contribution in [3.63, 3.8) is 0 Å². The Morgan fingerprint density at radius 2 is 2.00 bits per heavy atom. The highest BCUT2D eigenvalue weighted by Gasteiger charge is 2.18. The predicted octanol–water partition coefficient (Wildman–Crippen LogP) is 2.49. The number of nitrogens with one attached hydrogen (secondary N) is 1. The Kier molecular flexibility index (Phi) is 4.93. The first-order chi connectivity index (χ1) is 10.5. The Morgan fingerprint density at radius 3 is 2.64 bits per heavy atom. The van der Waals surface area contributed by atoms with Crippen molar-refractivity contribution < 1.29 is 19.1 Å². The van der Waals surface area contributed by atoms with E-state index >= 15 is 0 Å². The van der Waals surface area contributed by atoms with Gasteiger partial charge in [0.2, 0.25) is 5.89 Å². The van der Waals surface area contributed by atoms with Crippen molar-refractivity contribution in [2.75, 3.05) is 6.54 Å². The van der Waals surface area contributed by atoms with Crippen molar-refractivity contribution in [3.05, 3.63) is 41.8 Å². The maximum absolute atomic E-state index is 12.1. The van der Waals surface area contributed by atoms with Gasteiger partial charge in [-0.2, -0.15) is 0 Å². The number of carboxylic acids is 1. The second-order valence-corrected chi connectivity index (χ2v) is 5.20. The number of hydrogen-bond acceptors (Lipinski definition) is 4. The molecule has 0 aliphatic carbocycles. The summed E-state index contributed by atoms with van der Waals surface area (Å²) in [5.41, 5.74) is 1.02. The molecule has 6 nitrogen and oxygen atoms in total. The molecule has 1 atom stereocenters. The van der Waals surface area contributed by atoms with Gasteiger partial charge in [0.25, 0.3) is 5.91 Å². The van der Waals surface area contributed by atoms with E-state index in [2.05, 4.69) is 10.3 Å². The molecule has 116 valence electrons. The minimum atomic E-state index is -0.884. The summed E-state index contributed by atoms with van der Waals surface area (Å²) in [5, 5.41) is 11.4. The van der Waals surface area contributed by atoms with E-state index in [1.807, 2.05) is 30.3 Å². The van der Waals surface area contributed by atoms with Crippen molar-refractivity contribution in [2.24, 2.45) is 5.92 Å². The number of rotatable bonds is 6. The Labute approximate surface area is 128 Å². The van der Waals surface area contributed by atoms with Crippen molar-refractivity contribution in [1.82, 2.24) is 10.3 Å². The summed E-state index contributed by atoms with van der Waals surface area (Å²) in [6.07, 6.45) is 0.00728. The maximum Gasteiger partial charge on any atom is 0.303 e. The van der Waals surface area contributed by atoms with Crippen LogP contribution >= 0.6 is 0 Å².